The van der Waals surface area contributed by atoms with E-state index in [1.165, 1.54) is 5.56 Å². The summed E-state index contributed by atoms with van der Waals surface area (Å²) in [5.41, 5.74) is 8.65. The average Bonchev–Trinajstić information content (AvgIpc) is 2.49. The van der Waals surface area contributed by atoms with Gasteiger partial charge in [0.05, 0.1) is 5.69 Å². The second-order valence-corrected chi connectivity index (χ2v) is 6.27. The van der Waals surface area contributed by atoms with E-state index in [-0.39, 0.29) is 5.95 Å². The summed E-state index contributed by atoms with van der Waals surface area (Å²) in [6, 6.07) is 8.28. The molecular formula is C16H20ClN5. The zero-order chi connectivity index (χ0) is 15.7. The third-order valence-electron chi connectivity index (χ3n) is 4.13. The Kier molecular flexibility index (Phi) is 4.29. The van der Waals surface area contributed by atoms with Gasteiger partial charge in [-0.15, -0.1) is 0 Å². The molecule has 0 bridgehead atoms. The highest BCUT2D eigenvalue weighted by atomic mass is 35.5. The van der Waals surface area contributed by atoms with E-state index in [1.807, 2.05) is 18.2 Å². The van der Waals surface area contributed by atoms with E-state index in [9.17, 15) is 0 Å². The van der Waals surface area contributed by atoms with Crippen LogP contribution >= 0.6 is 11.6 Å². The van der Waals surface area contributed by atoms with Crippen LogP contribution in [0, 0.1) is 0 Å². The largest absolute Gasteiger partial charge is 0.368 e. The number of aromatic nitrogens is 2. The molecule has 1 aliphatic rings. The van der Waals surface area contributed by atoms with Gasteiger partial charge < -0.3 is 10.6 Å². The predicted octanol–water partition coefficient (Wildman–Crippen LogP) is 2.30. The summed E-state index contributed by atoms with van der Waals surface area (Å²) in [5.74, 6) is 0.272. The molecule has 0 spiro atoms. The molecule has 22 heavy (non-hydrogen) atoms. The smallest absolute Gasteiger partial charge is 0.220 e. The number of hydrogen-bond donors (Lipinski definition) is 1. The van der Waals surface area contributed by atoms with Crippen LogP contribution in [0.25, 0.3) is 11.3 Å². The van der Waals surface area contributed by atoms with Gasteiger partial charge in [0.25, 0.3) is 0 Å². The van der Waals surface area contributed by atoms with Gasteiger partial charge in [-0.1, -0.05) is 11.6 Å². The first-order valence-electron chi connectivity index (χ1n) is 7.31. The summed E-state index contributed by atoms with van der Waals surface area (Å²) in [4.78, 5) is 12.9. The number of nitrogen functional groups attached to an aromatic ring is 1. The Bertz CT molecular complexity index is 675. The summed E-state index contributed by atoms with van der Waals surface area (Å²) in [7, 11) is 4.30. The van der Waals surface area contributed by atoms with Gasteiger partial charge in [-0.3, -0.25) is 4.90 Å². The zero-order valence-electron chi connectivity index (χ0n) is 12.8. The van der Waals surface area contributed by atoms with Crippen LogP contribution in [-0.4, -0.2) is 53.5 Å². The van der Waals surface area contributed by atoms with Crippen LogP contribution in [0.15, 0.2) is 30.5 Å². The molecule has 2 N–H and O–H groups in total. The van der Waals surface area contributed by atoms with Crippen LogP contribution < -0.4 is 5.73 Å². The van der Waals surface area contributed by atoms with E-state index in [0.29, 0.717) is 11.1 Å². The number of rotatable bonds is 2. The van der Waals surface area contributed by atoms with Crippen LogP contribution in [0.3, 0.4) is 0 Å². The van der Waals surface area contributed by atoms with Gasteiger partial charge in [0.2, 0.25) is 5.95 Å². The molecule has 2 aromatic rings. The van der Waals surface area contributed by atoms with Gasteiger partial charge in [0.1, 0.15) is 0 Å². The van der Waals surface area contributed by atoms with E-state index in [1.54, 1.807) is 6.20 Å². The van der Waals surface area contributed by atoms with Crippen LogP contribution in [0.5, 0.6) is 0 Å². The number of nitrogens with two attached hydrogens (primary N) is 1. The highest BCUT2D eigenvalue weighted by Crippen LogP contribution is 2.30. The molecule has 1 saturated heterocycles. The lowest BCUT2D eigenvalue weighted by molar-refractivity contribution is 0.115. The summed E-state index contributed by atoms with van der Waals surface area (Å²) >= 11 is 6.34. The molecule has 1 aliphatic heterocycles. The van der Waals surface area contributed by atoms with Crippen molar-refractivity contribution in [3.8, 4) is 11.3 Å². The lowest BCUT2D eigenvalue weighted by Gasteiger charge is -2.38. The Labute approximate surface area is 135 Å². The molecule has 3 rings (SSSR count). The van der Waals surface area contributed by atoms with E-state index in [0.717, 1.165) is 30.9 Å². The fraction of sp³-hybridized carbons (Fsp3) is 0.375. The number of nitrogens with zero attached hydrogens (tertiary/aromatic N) is 4. The number of likely N-dealkylation sites (N-methyl/N-ethyl adjacent to an activating group) is 2. The van der Waals surface area contributed by atoms with Crippen molar-refractivity contribution in [2.75, 3.05) is 39.5 Å². The molecular weight excluding hydrogens is 298 g/mol. The molecule has 0 saturated carbocycles. The molecule has 116 valence electrons. The molecule has 0 aliphatic carbocycles. The van der Waals surface area contributed by atoms with Crippen molar-refractivity contribution in [2.45, 2.75) is 6.04 Å². The van der Waals surface area contributed by atoms with Gasteiger partial charge in [-0.05, 0) is 43.9 Å². The quantitative estimate of drug-likeness (QED) is 0.921. The molecule has 2 heterocycles. The van der Waals surface area contributed by atoms with E-state index < -0.39 is 0 Å². The van der Waals surface area contributed by atoms with E-state index in [4.69, 9.17) is 17.3 Å². The predicted molar refractivity (Wildman–Crippen MR) is 89.8 cm³/mol. The van der Waals surface area contributed by atoms with Crippen LogP contribution in [0.1, 0.15) is 11.6 Å². The fourth-order valence-electron chi connectivity index (χ4n) is 2.86. The Morgan fingerprint density at radius 2 is 2.05 bits per heavy atom. The maximum atomic E-state index is 6.34. The first-order valence-corrected chi connectivity index (χ1v) is 7.69. The third kappa shape index (κ3) is 3.21. The Hall–Kier alpha value is -1.69. The third-order valence-corrected chi connectivity index (χ3v) is 4.34. The second-order valence-electron chi connectivity index (χ2n) is 5.83. The first-order chi connectivity index (χ1) is 10.5. The summed E-state index contributed by atoms with van der Waals surface area (Å²) in [6.45, 7) is 3.12. The topological polar surface area (TPSA) is 58.3 Å². The van der Waals surface area contributed by atoms with Crippen molar-refractivity contribution in [1.82, 2.24) is 19.8 Å². The standard InChI is InChI=1S/C16H20ClN5/c1-21-5-6-22(2)15(10-21)12-7-11(8-13(17)9-12)14-3-4-19-16(18)20-14/h3-4,7-9,15H,5-6,10H2,1-2H3,(H2,18,19,20)/t15-/m0/s1. The molecule has 0 radical (unpaired) electrons. The highest BCUT2D eigenvalue weighted by molar-refractivity contribution is 6.31. The molecule has 6 heteroatoms. The molecule has 1 aromatic heterocycles. The Morgan fingerprint density at radius 3 is 2.82 bits per heavy atom. The summed E-state index contributed by atoms with van der Waals surface area (Å²) < 4.78 is 0. The first kappa shape index (κ1) is 15.2. The maximum Gasteiger partial charge on any atom is 0.220 e. The second kappa shape index (κ2) is 6.20. The Balaban J connectivity index is 1.99. The van der Waals surface area contributed by atoms with Crippen molar-refractivity contribution in [2.24, 2.45) is 0 Å². The molecule has 5 nitrogen and oxygen atoms in total. The minimum atomic E-state index is 0.272. The molecule has 0 amide bonds. The number of benzene rings is 1. The van der Waals surface area contributed by atoms with Gasteiger partial charge >= 0.3 is 0 Å². The van der Waals surface area contributed by atoms with Gasteiger partial charge in [-0.25, -0.2) is 9.97 Å². The molecule has 1 atom stereocenters. The van der Waals surface area contributed by atoms with Crippen molar-refractivity contribution in [3.05, 3.63) is 41.0 Å². The average molecular weight is 318 g/mol. The highest BCUT2D eigenvalue weighted by Gasteiger charge is 2.24. The Morgan fingerprint density at radius 1 is 1.23 bits per heavy atom. The minimum absolute atomic E-state index is 0.272. The summed E-state index contributed by atoms with van der Waals surface area (Å²) in [5, 5.41) is 0.714. The van der Waals surface area contributed by atoms with Crippen molar-refractivity contribution < 1.29 is 0 Å². The van der Waals surface area contributed by atoms with Crippen LogP contribution in [-0.2, 0) is 0 Å². The lowest BCUT2D eigenvalue weighted by Crippen LogP contribution is -2.44. The number of anilines is 1. The van der Waals surface area contributed by atoms with Crippen molar-refractivity contribution in [3.63, 3.8) is 0 Å². The lowest BCUT2D eigenvalue weighted by atomic mass is 9.99. The number of hydrogen-bond acceptors (Lipinski definition) is 5. The van der Waals surface area contributed by atoms with Gasteiger partial charge in [-0.2, -0.15) is 0 Å². The van der Waals surface area contributed by atoms with Crippen LogP contribution in [0.2, 0.25) is 5.02 Å². The van der Waals surface area contributed by atoms with E-state index >= 15 is 0 Å². The normalized spacial score (nSPS) is 20.2. The zero-order valence-corrected chi connectivity index (χ0v) is 13.6. The molecule has 1 fully saturated rings. The summed E-state index contributed by atoms with van der Waals surface area (Å²) in [6.07, 6.45) is 1.67. The monoisotopic (exact) mass is 317 g/mol. The SMILES string of the molecule is CN1CCN(C)[C@H](c2cc(Cl)cc(-c3ccnc(N)n3)c2)C1. The van der Waals surface area contributed by atoms with Crippen LogP contribution in [0.4, 0.5) is 5.95 Å². The number of piperazine rings is 1. The molecule has 1 aromatic carbocycles. The molecule has 0 unspecified atom stereocenters. The van der Waals surface area contributed by atoms with E-state index in [2.05, 4.69) is 39.9 Å². The fourth-order valence-corrected chi connectivity index (χ4v) is 3.10. The van der Waals surface area contributed by atoms with Crippen molar-refractivity contribution >= 4 is 17.5 Å². The van der Waals surface area contributed by atoms with Crippen molar-refractivity contribution in [1.29, 1.82) is 0 Å². The number of halogens is 1. The van der Waals surface area contributed by atoms with Gasteiger partial charge in [0.15, 0.2) is 0 Å². The van der Waals surface area contributed by atoms with Gasteiger partial charge in [0, 0.05) is 42.5 Å². The maximum absolute atomic E-state index is 6.34. The minimum Gasteiger partial charge on any atom is -0.368 e.